The molecule has 0 unspecified atom stereocenters. The van der Waals surface area contributed by atoms with Gasteiger partial charge < -0.3 is 10.8 Å². The highest BCUT2D eigenvalue weighted by Gasteiger charge is 2.21. The number of nitrogen functional groups attached to an aromatic ring is 1. The molecule has 3 aromatic heterocycles. The number of aromatic nitrogens is 5. The van der Waals surface area contributed by atoms with Crippen LogP contribution in [0.1, 0.15) is 22.7 Å². The van der Waals surface area contributed by atoms with Crippen LogP contribution >= 0.6 is 46.3 Å². The van der Waals surface area contributed by atoms with Crippen molar-refractivity contribution < 1.29 is 0 Å². The highest BCUT2D eigenvalue weighted by Crippen LogP contribution is 2.35. The third-order valence-electron chi connectivity index (χ3n) is 4.80. The lowest BCUT2D eigenvalue weighted by Gasteiger charge is -2.05. The number of nitrogens with one attached hydrogen (secondary N) is 1. The number of nitrogens with zero attached hydrogens (tertiary/aromatic N) is 4. The van der Waals surface area contributed by atoms with E-state index in [4.69, 9.17) is 29.0 Å². The van der Waals surface area contributed by atoms with Gasteiger partial charge >= 0.3 is 0 Å². The van der Waals surface area contributed by atoms with Gasteiger partial charge in [-0.1, -0.05) is 35.0 Å². The first-order chi connectivity index (χ1) is 14.0. The minimum atomic E-state index is -0.0761. The topological polar surface area (TPSA) is 102 Å². The van der Waals surface area contributed by atoms with E-state index in [1.807, 2.05) is 0 Å². The molecule has 0 fully saturated rings. The molecule has 0 atom stereocenters. The molecule has 0 bridgehead atoms. The highest BCUT2D eigenvalue weighted by atomic mass is 35.5. The molecule has 1 aromatic carbocycles. The predicted molar refractivity (Wildman–Crippen MR) is 117 cm³/mol. The Hall–Kier alpha value is -2.07. The van der Waals surface area contributed by atoms with Gasteiger partial charge in [0, 0.05) is 15.5 Å². The lowest BCUT2D eigenvalue weighted by molar-refractivity contribution is 0.848. The zero-order valence-electron chi connectivity index (χ0n) is 14.9. The Kier molecular flexibility index (Phi) is 4.78. The summed E-state index contributed by atoms with van der Waals surface area (Å²) in [5, 5.41) is 10.5. The number of rotatable bonds is 4. The second kappa shape index (κ2) is 7.32. The molecule has 3 heterocycles. The van der Waals surface area contributed by atoms with Crippen LogP contribution in [0, 0.1) is 0 Å². The minimum absolute atomic E-state index is 0.0761. The van der Waals surface area contributed by atoms with E-state index in [9.17, 15) is 4.79 Å². The Labute approximate surface area is 183 Å². The molecular formula is C18H14Cl2N6OS2. The molecule has 29 heavy (non-hydrogen) atoms. The summed E-state index contributed by atoms with van der Waals surface area (Å²) in [5.74, 6) is 7.59. The van der Waals surface area contributed by atoms with Crippen LogP contribution in [0.5, 0.6) is 0 Å². The fourth-order valence-corrected chi connectivity index (χ4v) is 5.98. The van der Waals surface area contributed by atoms with Gasteiger partial charge in [0.05, 0.1) is 16.2 Å². The van der Waals surface area contributed by atoms with E-state index in [1.54, 1.807) is 29.5 Å². The number of hydrogen-bond acceptors (Lipinski definition) is 7. The molecule has 0 amide bonds. The molecule has 0 spiro atoms. The number of aromatic amines is 1. The maximum absolute atomic E-state index is 12.6. The Balaban J connectivity index is 1.41. The summed E-state index contributed by atoms with van der Waals surface area (Å²) in [7, 11) is 0. The van der Waals surface area contributed by atoms with Crippen molar-refractivity contribution in [1.82, 2.24) is 24.8 Å². The van der Waals surface area contributed by atoms with Crippen LogP contribution in [0.2, 0.25) is 10.0 Å². The van der Waals surface area contributed by atoms with Gasteiger partial charge in [-0.25, -0.2) is 9.66 Å². The van der Waals surface area contributed by atoms with Gasteiger partial charge in [-0.15, -0.1) is 21.5 Å². The average Bonchev–Trinajstić information content (AvgIpc) is 3.35. The number of halogens is 2. The standard InChI is InChI=1S/C18H14Cl2N6OS2/c19-8-4-5-9(11(20)6-8)15-24-25-18(26(15)21)28-7-13-22-16(27)14-10-2-1-3-12(10)29-17(14)23-13/h4-6H,1-3,7,21H2,(H,22,23,27). The first-order valence-electron chi connectivity index (χ1n) is 8.83. The Morgan fingerprint density at radius 1 is 1.28 bits per heavy atom. The first-order valence-corrected chi connectivity index (χ1v) is 11.4. The Morgan fingerprint density at radius 3 is 2.97 bits per heavy atom. The third kappa shape index (κ3) is 3.31. The normalized spacial score (nSPS) is 13.3. The monoisotopic (exact) mass is 464 g/mol. The molecule has 0 aliphatic heterocycles. The molecule has 0 radical (unpaired) electrons. The van der Waals surface area contributed by atoms with E-state index in [0.29, 0.717) is 38.2 Å². The van der Waals surface area contributed by atoms with Crippen LogP contribution in [0.3, 0.4) is 0 Å². The average molecular weight is 465 g/mol. The van der Waals surface area contributed by atoms with Crippen molar-refractivity contribution in [3.05, 3.63) is 54.9 Å². The molecule has 7 nitrogen and oxygen atoms in total. The quantitative estimate of drug-likeness (QED) is 0.348. The molecule has 3 N–H and O–H groups in total. The zero-order valence-corrected chi connectivity index (χ0v) is 18.1. The van der Waals surface area contributed by atoms with Gasteiger partial charge in [0.1, 0.15) is 10.7 Å². The third-order valence-corrected chi connectivity index (χ3v) is 7.49. The second-order valence-corrected chi connectivity index (χ2v) is 9.51. The molecule has 0 saturated carbocycles. The van der Waals surface area contributed by atoms with Crippen molar-refractivity contribution in [2.75, 3.05) is 5.84 Å². The number of thioether (sulfide) groups is 1. The second-order valence-electron chi connectivity index (χ2n) is 6.64. The van der Waals surface area contributed by atoms with E-state index in [0.717, 1.165) is 29.5 Å². The number of fused-ring (bicyclic) bond motifs is 3. The molecule has 0 saturated heterocycles. The van der Waals surface area contributed by atoms with Crippen LogP contribution < -0.4 is 11.4 Å². The SMILES string of the molecule is Nn1c(SCc2nc3sc4c(c3c(=O)[nH]2)CCC4)nnc1-c1ccc(Cl)cc1Cl. The number of H-pyrrole nitrogens is 1. The van der Waals surface area contributed by atoms with E-state index in [2.05, 4.69) is 20.2 Å². The molecule has 11 heteroatoms. The van der Waals surface area contributed by atoms with Gasteiger partial charge in [0.25, 0.3) is 5.56 Å². The summed E-state index contributed by atoms with van der Waals surface area (Å²) >= 11 is 15.2. The molecule has 1 aliphatic carbocycles. The largest absolute Gasteiger partial charge is 0.335 e. The molecule has 4 aromatic rings. The van der Waals surface area contributed by atoms with E-state index in [-0.39, 0.29) is 5.56 Å². The van der Waals surface area contributed by atoms with Crippen molar-refractivity contribution >= 4 is 56.5 Å². The van der Waals surface area contributed by atoms with Gasteiger partial charge in [-0.05, 0) is 43.0 Å². The van der Waals surface area contributed by atoms with Crippen LogP contribution in [0.4, 0.5) is 0 Å². The van der Waals surface area contributed by atoms with Crippen molar-refractivity contribution in [3.63, 3.8) is 0 Å². The fraction of sp³-hybridized carbons (Fsp3) is 0.222. The number of nitrogens with two attached hydrogens (primary N) is 1. The van der Waals surface area contributed by atoms with E-state index < -0.39 is 0 Å². The maximum atomic E-state index is 12.6. The lowest BCUT2D eigenvalue weighted by Crippen LogP contribution is -2.13. The Bertz CT molecular complexity index is 1310. The molecular weight excluding hydrogens is 451 g/mol. The lowest BCUT2D eigenvalue weighted by atomic mass is 10.2. The van der Waals surface area contributed by atoms with Crippen molar-refractivity contribution in [1.29, 1.82) is 0 Å². The molecule has 1 aliphatic rings. The van der Waals surface area contributed by atoms with Crippen LogP contribution in [0.15, 0.2) is 28.2 Å². The smallest absolute Gasteiger partial charge is 0.259 e. The van der Waals surface area contributed by atoms with Gasteiger partial charge in [-0.3, -0.25) is 4.79 Å². The summed E-state index contributed by atoms with van der Waals surface area (Å²) in [6.45, 7) is 0. The van der Waals surface area contributed by atoms with Gasteiger partial charge in [0.2, 0.25) is 5.16 Å². The maximum Gasteiger partial charge on any atom is 0.259 e. The first kappa shape index (κ1) is 18.9. The number of thiophene rings is 1. The molecule has 148 valence electrons. The van der Waals surface area contributed by atoms with Crippen LogP contribution in [-0.2, 0) is 18.6 Å². The van der Waals surface area contributed by atoms with Gasteiger partial charge in [0.15, 0.2) is 5.82 Å². The number of hydrogen-bond donors (Lipinski definition) is 2. The fourth-order valence-electron chi connectivity index (χ4n) is 3.48. The predicted octanol–water partition coefficient (Wildman–Crippen LogP) is 4.04. The zero-order chi connectivity index (χ0) is 20.1. The van der Waals surface area contributed by atoms with Crippen molar-refractivity contribution in [2.45, 2.75) is 30.2 Å². The summed E-state index contributed by atoms with van der Waals surface area (Å²) < 4.78 is 1.37. The summed E-state index contributed by atoms with van der Waals surface area (Å²) in [5.41, 5.74) is 1.73. The van der Waals surface area contributed by atoms with E-state index in [1.165, 1.54) is 26.9 Å². The summed E-state index contributed by atoms with van der Waals surface area (Å²) in [4.78, 5) is 22.2. The van der Waals surface area contributed by atoms with Crippen LogP contribution in [-0.4, -0.2) is 24.8 Å². The highest BCUT2D eigenvalue weighted by molar-refractivity contribution is 7.98. The minimum Gasteiger partial charge on any atom is -0.335 e. The number of aryl methyl sites for hydroxylation is 2. The summed E-state index contributed by atoms with van der Waals surface area (Å²) in [6.07, 6.45) is 3.10. The number of benzene rings is 1. The molecule has 5 rings (SSSR count). The Morgan fingerprint density at radius 2 is 2.14 bits per heavy atom. The van der Waals surface area contributed by atoms with Crippen molar-refractivity contribution in [3.8, 4) is 11.4 Å². The van der Waals surface area contributed by atoms with E-state index >= 15 is 0 Å². The van der Waals surface area contributed by atoms with Crippen molar-refractivity contribution in [2.24, 2.45) is 0 Å². The summed E-state index contributed by atoms with van der Waals surface area (Å²) in [6, 6.07) is 5.09. The van der Waals surface area contributed by atoms with Crippen LogP contribution in [0.25, 0.3) is 21.6 Å². The van der Waals surface area contributed by atoms with Gasteiger partial charge in [-0.2, -0.15) is 0 Å².